The Balaban J connectivity index is 1.95. The summed E-state index contributed by atoms with van der Waals surface area (Å²) >= 11 is 0. The molecular formula is C6H12N2. The zero-order valence-electron chi connectivity index (χ0n) is 5.04. The summed E-state index contributed by atoms with van der Waals surface area (Å²) in [6, 6.07) is 0. The Morgan fingerprint density at radius 1 is 1.12 bits per heavy atom. The van der Waals surface area contributed by atoms with Crippen LogP contribution >= 0.6 is 0 Å². The molecule has 0 radical (unpaired) electrons. The summed E-state index contributed by atoms with van der Waals surface area (Å²) in [7, 11) is 0. The van der Waals surface area contributed by atoms with Gasteiger partial charge >= 0.3 is 0 Å². The minimum Gasteiger partial charge on any atom is -0.304 e. The van der Waals surface area contributed by atoms with E-state index in [1.165, 1.54) is 25.8 Å². The van der Waals surface area contributed by atoms with Gasteiger partial charge in [-0.2, -0.15) is 0 Å². The maximum absolute atomic E-state index is 3.46. The van der Waals surface area contributed by atoms with Crippen molar-refractivity contribution in [1.82, 2.24) is 10.6 Å². The van der Waals surface area contributed by atoms with Gasteiger partial charge < -0.3 is 5.32 Å². The maximum Gasteiger partial charge on any atom is 0.0458 e. The van der Waals surface area contributed by atoms with E-state index in [9.17, 15) is 0 Å². The van der Waals surface area contributed by atoms with Crippen molar-refractivity contribution in [3.8, 4) is 0 Å². The van der Waals surface area contributed by atoms with Gasteiger partial charge in [-0.3, -0.25) is 5.32 Å². The standard InChI is InChI=1S/C6H12N2/c1-2-6(1)3-4-7-5-8-6/h7-8H,1-5H2. The van der Waals surface area contributed by atoms with Crippen molar-refractivity contribution in [2.75, 3.05) is 13.2 Å². The van der Waals surface area contributed by atoms with Gasteiger partial charge in [0.2, 0.25) is 0 Å². The molecule has 1 aliphatic heterocycles. The van der Waals surface area contributed by atoms with Gasteiger partial charge in [-0.1, -0.05) is 0 Å². The lowest BCUT2D eigenvalue weighted by Gasteiger charge is -2.23. The Kier molecular flexibility index (Phi) is 0.866. The first-order valence-electron chi connectivity index (χ1n) is 3.37. The third-order valence-electron chi connectivity index (χ3n) is 2.22. The van der Waals surface area contributed by atoms with Gasteiger partial charge in [0, 0.05) is 12.2 Å². The maximum atomic E-state index is 3.46. The highest BCUT2D eigenvalue weighted by Crippen LogP contribution is 2.38. The van der Waals surface area contributed by atoms with E-state index in [2.05, 4.69) is 10.6 Å². The smallest absolute Gasteiger partial charge is 0.0458 e. The van der Waals surface area contributed by atoms with Crippen molar-refractivity contribution in [2.24, 2.45) is 0 Å². The van der Waals surface area contributed by atoms with Crippen molar-refractivity contribution < 1.29 is 0 Å². The van der Waals surface area contributed by atoms with Gasteiger partial charge in [-0.25, -0.2) is 0 Å². The molecule has 0 aromatic rings. The second kappa shape index (κ2) is 1.45. The Morgan fingerprint density at radius 3 is 2.38 bits per heavy atom. The molecule has 2 fully saturated rings. The van der Waals surface area contributed by atoms with Crippen LogP contribution in [-0.2, 0) is 0 Å². The van der Waals surface area contributed by atoms with Crippen molar-refractivity contribution >= 4 is 0 Å². The molecule has 46 valence electrons. The highest BCUT2D eigenvalue weighted by molar-refractivity contribution is 5.03. The van der Waals surface area contributed by atoms with E-state index in [4.69, 9.17) is 0 Å². The van der Waals surface area contributed by atoms with E-state index in [0.29, 0.717) is 5.54 Å². The summed E-state index contributed by atoms with van der Waals surface area (Å²) in [6.45, 7) is 2.24. The third kappa shape index (κ3) is 0.644. The number of hydrogen-bond acceptors (Lipinski definition) is 2. The van der Waals surface area contributed by atoms with Crippen LogP contribution in [0.5, 0.6) is 0 Å². The fourth-order valence-electron chi connectivity index (χ4n) is 1.33. The first-order valence-corrected chi connectivity index (χ1v) is 3.37. The highest BCUT2D eigenvalue weighted by Gasteiger charge is 2.42. The summed E-state index contributed by atoms with van der Waals surface area (Å²) in [4.78, 5) is 0. The average Bonchev–Trinajstić information content (AvgIpc) is 2.52. The lowest BCUT2D eigenvalue weighted by molar-refractivity contribution is 0.373. The number of hydrogen-bond donors (Lipinski definition) is 2. The molecule has 1 heterocycles. The topological polar surface area (TPSA) is 24.1 Å². The molecule has 0 atom stereocenters. The molecule has 1 saturated heterocycles. The van der Waals surface area contributed by atoms with Gasteiger partial charge in [-0.05, 0) is 25.8 Å². The molecule has 1 spiro atoms. The molecule has 8 heavy (non-hydrogen) atoms. The normalized spacial score (nSPS) is 33.0. The molecular weight excluding hydrogens is 100 g/mol. The molecule has 0 aromatic carbocycles. The molecule has 2 nitrogen and oxygen atoms in total. The second-order valence-corrected chi connectivity index (χ2v) is 2.88. The fraction of sp³-hybridized carbons (Fsp3) is 1.00. The van der Waals surface area contributed by atoms with Gasteiger partial charge in [0.05, 0.1) is 0 Å². The lowest BCUT2D eigenvalue weighted by atomic mass is 10.1. The van der Waals surface area contributed by atoms with Crippen LogP contribution in [0.3, 0.4) is 0 Å². The Hall–Kier alpha value is -0.0800. The first-order chi connectivity index (χ1) is 3.91. The number of nitrogens with one attached hydrogen (secondary N) is 2. The zero-order chi connectivity index (χ0) is 5.45. The van der Waals surface area contributed by atoms with E-state index < -0.39 is 0 Å². The van der Waals surface area contributed by atoms with Gasteiger partial charge in [0.1, 0.15) is 0 Å². The summed E-state index contributed by atoms with van der Waals surface area (Å²) in [5.74, 6) is 0. The molecule has 2 rings (SSSR count). The minimum atomic E-state index is 0.616. The quantitative estimate of drug-likeness (QED) is 0.463. The SMILES string of the molecule is C1CC2(CC2)NCN1. The Morgan fingerprint density at radius 2 is 2.00 bits per heavy atom. The molecule has 2 heteroatoms. The second-order valence-electron chi connectivity index (χ2n) is 2.88. The fourth-order valence-corrected chi connectivity index (χ4v) is 1.33. The van der Waals surface area contributed by atoms with Crippen LogP contribution in [0.2, 0.25) is 0 Å². The van der Waals surface area contributed by atoms with Crippen LogP contribution < -0.4 is 10.6 Å². The highest BCUT2D eigenvalue weighted by atomic mass is 15.2. The lowest BCUT2D eigenvalue weighted by Crippen LogP contribution is -2.46. The zero-order valence-corrected chi connectivity index (χ0v) is 5.04. The van der Waals surface area contributed by atoms with Crippen LogP contribution in [0.25, 0.3) is 0 Å². The van der Waals surface area contributed by atoms with Gasteiger partial charge in [0.25, 0.3) is 0 Å². The Labute approximate surface area is 49.7 Å². The van der Waals surface area contributed by atoms with Crippen LogP contribution in [0.15, 0.2) is 0 Å². The van der Waals surface area contributed by atoms with Crippen molar-refractivity contribution in [3.05, 3.63) is 0 Å². The van der Waals surface area contributed by atoms with E-state index >= 15 is 0 Å². The predicted molar refractivity (Wildman–Crippen MR) is 32.6 cm³/mol. The van der Waals surface area contributed by atoms with Crippen LogP contribution in [-0.4, -0.2) is 18.8 Å². The van der Waals surface area contributed by atoms with E-state index in [1.807, 2.05) is 0 Å². The molecule has 2 N–H and O–H groups in total. The molecule has 1 aliphatic carbocycles. The summed E-state index contributed by atoms with van der Waals surface area (Å²) in [6.07, 6.45) is 4.16. The number of rotatable bonds is 0. The molecule has 2 aliphatic rings. The van der Waals surface area contributed by atoms with Gasteiger partial charge in [0.15, 0.2) is 0 Å². The monoisotopic (exact) mass is 112 g/mol. The molecule has 0 amide bonds. The van der Waals surface area contributed by atoms with Crippen LogP contribution in [0.1, 0.15) is 19.3 Å². The molecule has 0 unspecified atom stereocenters. The minimum absolute atomic E-state index is 0.616. The summed E-state index contributed by atoms with van der Waals surface area (Å²) in [5.41, 5.74) is 0.616. The van der Waals surface area contributed by atoms with E-state index in [-0.39, 0.29) is 0 Å². The van der Waals surface area contributed by atoms with E-state index in [1.54, 1.807) is 0 Å². The Bertz CT molecular complexity index is 88.7. The first kappa shape index (κ1) is 4.77. The molecule has 0 bridgehead atoms. The van der Waals surface area contributed by atoms with Crippen molar-refractivity contribution in [2.45, 2.75) is 24.8 Å². The van der Waals surface area contributed by atoms with Crippen molar-refractivity contribution in [3.63, 3.8) is 0 Å². The average molecular weight is 112 g/mol. The van der Waals surface area contributed by atoms with Crippen LogP contribution in [0.4, 0.5) is 0 Å². The molecule has 0 aromatic heterocycles. The summed E-state index contributed by atoms with van der Waals surface area (Å²) < 4.78 is 0. The predicted octanol–water partition coefficient (Wildman–Crippen LogP) is 0.0594. The van der Waals surface area contributed by atoms with Crippen molar-refractivity contribution in [1.29, 1.82) is 0 Å². The van der Waals surface area contributed by atoms with Gasteiger partial charge in [-0.15, -0.1) is 0 Å². The molecule has 1 saturated carbocycles. The van der Waals surface area contributed by atoms with E-state index in [0.717, 1.165) is 6.67 Å². The third-order valence-corrected chi connectivity index (χ3v) is 2.22. The summed E-state index contributed by atoms with van der Waals surface area (Å²) in [5, 5.41) is 6.73. The largest absolute Gasteiger partial charge is 0.304 e. The van der Waals surface area contributed by atoms with Crippen LogP contribution in [0, 0.1) is 0 Å².